The number of nitriles is 1. The van der Waals surface area contributed by atoms with Gasteiger partial charge in [-0.05, 0) is 49.6 Å². The Balaban J connectivity index is 1.47. The van der Waals surface area contributed by atoms with Crippen LogP contribution in [0.5, 0.6) is 5.75 Å². The number of amides is 1. The second-order valence-electron chi connectivity index (χ2n) is 6.88. The van der Waals surface area contributed by atoms with E-state index < -0.39 is 5.54 Å². The Hall–Kier alpha value is -3.33. The van der Waals surface area contributed by atoms with Gasteiger partial charge in [0.15, 0.2) is 0 Å². The van der Waals surface area contributed by atoms with Gasteiger partial charge in [-0.1, -0.05) is 12.1 Å². The van der Waals surface area contributed by atoms with Gasteiger partial charge in [0.2, 0.25) is 0 Å². The summed E-state index contributed by atoms with van der Waals surface area (Å²) >= 11 is 0. The van der Waals surface area contributed by atoms with E-state index in [9.17, 15) is 10.1 Å². The molecule has 0 saturated heterocycles. The van der Waals surface area contributed by atoms with Crippen LogP contribution in [0, 0.1) is 11.3 Å². The quantitative estimate of drug-likeness (QED) is 0.699. The molecule has 0 spiro atoms. The van der Waals surface area contributed by atoms with Gasteiger partial charge >= 0.3 is 0 Å². The predicted molar refractivity (Wildman–Crippen MR) is 100 cm³/mol. The summed E-state index contributed by atoms with van der Waals surface area (Å²) in [5, 5.41) is 9.45. The van der Waals surface area contributed by atoms with Crippen LogP contribution >= 0.6 is 0 Å². The number of carbonyl (C=O) groups excluding carboxylic acids is 1. The van der Waals surface area contributed by atoms with E-state index in [1.807, 2.05) is 41.1 Å². The van der Waals surface area contributed by atoms with E-state index in [1.54, 1.807) is 30.1 Å². The number of ether oxygens (including phenoxy) is 1. The minimum Gasteiger partial charge on any atom is -0.487 e. The Labute approximate surface area is 157 Å². The molecule has 1 aliphatic rings. The Morgan fingerprint density at radius 1 is 1.33 bits per heavy atom. The molecule has 1 aliphatic carbocycles. The lowest BCUT2D eigenvalue weighted by molar-refractivity contribution is 0.0497. The van der Waals surface area contributed by atoms with Gasteiger partial charge in [0, 0.05) is 25.0 Å². The lowest BCUT2D eigenvalue weighted by atomic mass is 9.76. The van der Waals surface area contributed by atoms with Crippen LogP contribution in [0.25, 0.3) is 5.65 Å². The first-order valence-electron chi connectivity index (χ1n) is 8.96. The summed E-state index contributed by atoms with van der Waals surface area (Å²) in [4.78, 5) is 18.9. The summed E-state index contributed by atoms with van der Waals surface area (Å²) < 4.78 is 7.77. The maximum atomic E-state index is 12.8. The zero-order valence-corrected chi connectivity index (χ0v) is 15.1. The molecular formula is C21H20N4O2. The Morgan fingerprint density at radius 3 is 2.89 bits per heavy atom. The third kappa shape index (κ3) is 3.13. The molecule has 0 bridgehead atoms. The van der Waals surface area contributed by atoms with E-state index in [0.717, 1.165) is 30.6 Å². The van der Waals surface area contributed by atoms with Gasteiger partial charge in [0.1, 0.15) is 23.5 Å². The van der Waals surface area contributed by atoms with Crippen molar-refractivity contribution < 1.29 is 9.53 Å². The fraction of sp³-hybridized carbons (Fsp3) is 0.286. The molecule has 0 radical (unpaired) electrons. The van der Waals surface area contributed by atoms with Gasteiger partial charge in [-0.2, -0.15) is 5.26 Å². The van der Waals surface area contributed by atoms with Crippen molar-refractivity contribution in [2.75, 3.05) is 7.05 Å². The summed E-state index contributed by atoms with van der Waals surface area (Å²) in [5.41, 5.74) is 1.54. The molecule has 3 aromatic rings. The fourth-order valence-electron chi connectivity index (χ4n) is 3.35. The lowest BCUT2D eigenvalue weighted by Crippen LogP contribution is -2.53. The van der Waals surface area contributed by atoms with E-state index in [0.29, 0.717) is 17.9 Å². The first-order chi connectivity index (χ1) is 13.1. The molecule has 2 heterocycles. The number of fused-ring (bicyclic) bond motifs is 1. The molecular weight excluding hydrogens is 340 g/mol. The zero-order valence-electron chi connectivity index (χ0n) is 15.1. The molecule has 1 aromatic carbocycles. The van der Waals surface area contributed by atoms with Crippen molar-refractivity contribution in [2.24, 2.45) is 0 Å². The third-order valence-corrected chi connectivity index (χ3v) is 5.22. The Bertz CT molecular complexity index is 997. The van der Waals surface area contributed by atoms with Crippen molar-refractivity contribution in [1.82, 2.24) is 14.3 Å². The smallest absolute Gasteiger partial charge is 0.255 e. The molecule has 0 unspecified atom stereocenters. The molecule has 0 N–H and O–H groups in total. The van der Waals surface area contributed by atoms with Gasteiger partial charge in [0.05, 0.1) is 11.8 Å². The first kappa shape index (κ1) is 17.1. The molecule has 1 saturated carbocycles. The molecule has 2 aromatic heterocycles. The van der Waals surface area contributed by atoms with Gasteiger partial charge in [0.25, 0.3) is 5.91 Å². The molecule has 27 heavy (non-hydrogen) atoms. The summed E-state index contributed by atoms with van der Waals surface area (Å²) in [6.07, 6.45) is 6.30. The average molecular weight is 360 g/mol. The van der Waals surface area contributed by atoms with E-state index in [2.05, 4.69) is 11.1 Å². The van der Waals surface area contributed by atoms with E-state index >= 15 is 0 Å². The maximum absolute atomic E-state index is 12.8. The SMILES string of the molecule is CN(C(=O)c1cccc(OCc2cn3ccccc3n2)c1)C1(C#N)CCC1. The predicted octanol–water partition coefficient (Wildman–Crippen LogP) is 3.43. The number of pyridine rings is 1. The molecule has 0 atom stereocenters. The van der Waals surface area contributed by atoms with Crippen LogP contribution in [0.3, 0.4) is 0 Å². The van der Waals surface area contributed by atoms with Gasteiger partial charge < -0.3 is 14.0 Å². The summed E-state index contributed by atoms with van der Waals surface area (Å²) in [6, 6.07) is 15.2. The highest BCUT2D eigenvalue weighted by Gasteiger charge is 2.43. The maximum Gasteiger partial charge on any atom is 0.255 e. The molecule has 6 nitrogen and oxygen atoms in total. The largest absolute Gasteiger partial charge is 0.487 e. The van der Waals surface area contributed by atoms with Gasteiger partial charge in [-0.25, -0.2) is 4.98 Å². The second-order valence-corrected chi connectivity index (χ2v) is 6.88. The molecule has 4 rings (SSSR count). The topological polar surface area (TPSA) is 70.6 Å². The summed E-state index contributed by atoms with van der Waals surface area (Å²) in [7, 11) is 1.70. The number of imidazole rings is 1. The summed E-state index contributed by atoms with van der Waals surface area (Å²) in [5.74, 6) is 0.445. The highest BCUT2D eigenvalue weighted by Crippen LogP contribution is 2.37. The van der Waals surface area contributed by atoms with Crippen molar-refractivity contribution in [1.29, 1.82) is 5.26 Å². The lowest BCUT2D eigenvalue weighted by Gasteiger charge is -2.42. The van der Waals surface area contributed by atoms with Crippen molar-refractivity contribution in [3.8, 4) is 11.8 Å². The van der Waals surface area contributed by atoms with Crippen molar-refractivity contribution in [3.05, 3.63) is 66.1 Å². The Kier molecular flexibility index (Phi) is 4.28. The van der Waals surface area contributed by atoms with Crippen LogP contribution in [0.4, 0.5) is 0 Å². The fourth-order valence-corrected chi connectivity index (χ4v) is 3.35. The monoisotopic (exact) mass is 360 g/mol. The minimum atomic E-state index is -0.662. The number of hydrogen-bond acceptors (Lipinski definition) is 4. The highest BCUT2D eigenvalue weighted by atomic mass is 16.5. The number of aromatic nitrogens is 2. The van der Waals surface area contributed by atoms with Crippen LogP contribution in [0.15, 0.2) is 54.9 Å². The first-order valence-corrected chi connectivity index (χ1v) is 8.96. The van der Waals surface area contributed by atoms with Crippen LogP contribution in [0.2, 0.25) is 0 Å². The molecule has 0 aliphatic heterocycles. The van der Waals surface area contributed by atoms with Crippen molar-refractivity contribution in [2.45, 2.75) is 31.4 Å². The second kappa shape index (κ2) is 6.76. The van der Waals surface area contributed by atoms with Crippen LogP contribution in [-0.4, -0.2) is 32.8 Å². The van der Waals surface area contributed by atoms with Crippen LogP contribution in [-0.2, 0) is 6.61 Å². The van der Waals surface area contributed by atoms with Gasteiger partial charge in [-0.3, -0.25) is 4.79 Å². The van der Waals surface area contributed by atoms with Crippen molar-refractivity contribution >= 4 is 11.6 Å². The number of benzene rings is 1. The third-order valence-electron chi connectivity index (χ3n) is 5.22. The summed E-state index contributed by atoms with van der Waals surface area (Å²) in [6.45, 7) is 0.317. The average Bonchev–Trinajstić information content (AvgIpc) is 3.08. The number of hydrogen-bond donors (Lipinski definition) is 0. The molecule has 6 heteroatoms. The zero-order chi connectivity index (χ0) is 18.9. The Morgan fingerprint density at radius 2 is 2.19 bits per heavy atom. The van der Waals surface area contributed by atoms with E-state index in [4.69, 9.17) is 4.74 Å². The highest BCUT2D eigenvalue weighted by molar-refractivity contribution is 5.95. The standard InChI is InChI=1S/C21H20N4O2/c1-24(21(15-22)9-5-10-21)20(26)16-6-4-7-18(12-16)27-14-17-13-25-11-3-2-8-19(25)23-17/h2-4,6-8,11-13H,5,9-10,14H2,1H3. The number of nitrogens with zero attached hydrogens (tertiary/aromatic N) is 4. The van der Waals surface area contributed by atoms with Crippen LogP contribution < -0.4 is 4.74 Å². The van der Waals surface area contributed by atoms with Crippen molar-refractivity contribution in [3.63, 3.8) is 0 Å². The van der Waals surface area contributed by atoms with Gasteiger partial charge in [-0.15, -0.1) is 0 Å². The van der Waals surface area contributed by atoms with E-state index in [-0.39, 0.29) is 5.91 Å². The molecule has 1 amide bonds. The molecule has 1 fully saturated rings. The minimum absolute atomic E-state index is 0.158. The molecule has 136 valence electrons. The van der Waals surface area contributed by atoms with E-state index in [1.165, 1.54) is 0 Å². The number of rotatable bonds is 5. The normalized spacial score (nSPS) is 15.0. The van der Waals surface area contributed by atoms with Crippen LogP contribution in [0.1, 0.15) is 35.3 Å². The number of carbonyl (C=O) groups is 1.